The molecule has 0 aromatic heterocycles. The van der Waals surface area contributed by atoms with Gasteiger partial charge in [-0.15, -0.1) is 0 Å². The summed E-state index contributed by atoms with van der Waals surface area (Å²) in [5.74, 6) is -0.782. The molecule has 3 nitrogen and oxygen atoms in total. The summed E-state index contributed by atoms with van der Waals surface area (Å²) >= 11 is 0. The Morgan fingerprint density at radius 1 is 0.647 bits per heavy atom. The molecule has 0 heterocycles. The van der Waals surface area contributed by atoms with Crippen molar-refractivity contribution in [2.45, 2.75) is 6.18 Å². The Hall–Kier alpha value is -3.63. The number of hydrogen-bond acceptors (Lipinski definition) is 3. The summed E-state index contributed by atoms with van der Waals surface area (Å²) < 4.78 is 54.3. The quantitative estimate of drug-likeness (QED) is 0.187. The lowest BCUT2D eigenvalue weighted by molar-refractivity contribution is -0.0703. The summed E-state index contributed by atoms with van der Waals surface area (Å²) in [5, 5.41) is 1.96. The molecule has 0 unspecified atom stereocenters. The fourth-order valence-electron chi connectivity index (χ4n) is 3.56. The number of benzene rings is 4. The first-order valence-electron chi connectivity index (χ1n) is 10.5. The fourth-order valence-corrected chi connectivity index (χ4v) is 6.95. The average molecular weight is 480 g/mol. The molecule has 7 heteroatoms. The number of rotatable bonds is 6. The molecule has 0 saturated heterocycles. The van der Waals surface area contributed by atoms with Crippen molar-refractivity contribution in [1.29, 1.82) is 0 Å². The van der Waals surface area contributed by atoms with Crippen LogP contribution < -0.4 is 20.7 Å². The molecule has 0 N–H and O–H groups in total. The van der Waals surface area contributed by atoms with E-state index in [0.29, 0.717) is 21.7 Å². The van der Waals surface area contributed by atoms with Crippen LogP contribution in [-0.2, 0) is 4.52 Å². The van der Waals surface area contributed by atoms with E-state index in [1.165, 1.54) is 19.2 Å². The Bertz CT molecular complexity index is 1130. The van der Waals surface area contributed by atoms with Crippen LogP contribution in [0, 0.1) is 0 Å². The van der Waals surface area contributed by atoms with E-state index in [1.54, 1.807) is 84.9 Å². The minimum Gasteiger partial charge on any atom is -0.497 e. The first-order chi connectivity index (χ1) is 16.4. The summed E-state index contributed by atoms with van der Waals surface area (Å²) in [7, 11) is -1.75. The maximum atomic E-state index is 14.4. The molecule has 172 valence electrons. The highest BCUT2D eigenvalue weighted by atomic mass is 31.2. The van der Waals surface area contributed by atoms with E-state index in [4.69, 9.17) is 9.26 Å². The second-order valence-corrected chi connectivity index (χ2v) is 10.3. The molecule has 0 aliphatic carbocycles. The number of hydrogen-bond donors (Lipinski definition) is 0. The van der Waals surface area contributed by atoms with Gasteiger partial charge in [0, 0.05) is 0 Å². The van der Waals surface area contributed by atoms with Crippen molar-refractivity contribution in [3.8, 4) is 5.75 Å². The summed E-state index contributed by atoms with van der Waals surface area (Å²) in [5.41, 5.74) is 0.111. The lowest BCUT2D eigenvalue weighted by atomic mass is 10.3. The van der Waals surface area contributed by atoms with E-state index in [0.717, 1.165) is 0 Å². The van der Waals surface area contributed by atoms with Gasteiger partial charge in [-0.1, -0.05) is 54.6 Å². The Kier molecular flexibility index (Phi) is 6.99. The van der Waals surface area contributed by atoms with E-state index in [-0.39, 0.29) is 5.69 Å². The second-order valence-electron chi connectivity index (χ2n) is 7.32. The number of nitrogens with zero attached hydrogens (tertiary/aromatic N) is 1. The molecule has 4 rings (SSSR count). The highest BCUT2D eigenvalue weighted by Crippen LogP contribution is 2.57. The van der Waals surface area contributed by atoms with E-state index in [2.05, 4.69) is 4.99 Å². The molecule has 0 radical (unpaired) electrons. The lowest BCUT2D eigenvalue weighted by Crippen LogP contribution is -2.38. The first kappa shape index (κ1) is 23.5. The first-order valence-corrected chi connectivity index (χ1v) is 12.2. The molecular weight excluding hydrogens is 458 g/mol. The summed E-state index contributed by atoms with van der Waals surface area (Å²) in [4.78, 5) is 3.91. The predicted octanol–water partition coefficient (Wildman–Crippen LogP) is 6.21. The average Bonchev–Trinajstić information content (AvgIpc) is 2.88. The topological polar surface area (TPSA) is 30.8 Å². The van der Waals surface area contributed by atoms with Crippen LogP contribution in [0.1, 0.15) is 0 Å². The summed E-state index contributed by atoms with van der Waals surface area (Å²) in [6.45, 7) is 0. The van der Waals surface area contributed by atoms with Gasteiger partial charge in [0.15, 0.2) is 0 Å². The summed E-state index contributed by atoms with van der Waals surface area (Å²) in [6.07, 6.45) is -4.82. The molecule has 0 aliphatic heterocycles. The maximum absolute atomic E-state index is 14.4. The van der Waals surface area contributed by atoms with Gasteiger partial charge in [-0.3, -0.25) is 0 Å². The monoisotopic (exact) mass is 480 g/mol. The van der Waals surface area contributed by atoms with Gasteiger partial charge < -0.3 is 9.26 Å². The zero-order chi connectivity index (χ0) is 24.0. The molecule has 0 amide bonds. The molecule has 34 heavy (non-hydrogen) atoms. The van der Waals surface area contributed by atoms with Gasteiger partial charge in [0.05, 0.1) is 12.8 Å². The Labute approximate surface area is 196 Å². The van der Waals surface area contributed by atoms with Gasteiger partial charge in [0.1, 0.15) is 21.7 Å². The van der Waals surface area contributed by atoms with Crippen molar-refractivity contribution in [2.24, 2.45) is 4.99 Å². The van der Waals surface area contributed by atoms with Gasteiger partial charge in [-0.05, 0) is 60.7 Å². The smallest absolute Gasteiger partial charge is 0.473 e. The normalized spacial score (nSPS) is 12.3. The maximum Gasteiger partial charge on any atom is 0.473 e. The second kappa shape index (κ2) is 10.1. The molecule has 0 saturated carbocycles. The molecule has 0 aliphatic rings. The van der Waals surface area contributed by atoms with Crippen LogP contribution in [0.5, 0.6) is 5.75 Å². The van der Waals surface area contributed by atoms with Crippen LogP contribution in [0.3, 0.4) is 0 Å². The van der Waals surface area contributed by atoms with Crippen molar-refractivity contribution in [1.82, 2.24) is 0 Å². The Morgan fingerprint density at radius 3 is 1.41 bits per heavy atom. The van der Waals surface area contributed by atoms with Crippen molar-refractivity contribution >= 4 is 35.0 Å². The number of halogens is 3. The van der Waals surface area contributed by atoms with Crippen molar-refractivity contribution in [2.75, 3.05) is 7.11 Å². The number of ether oxygens (including phenoxy) is 1. The van der Waals surface area contributed by atoms with Crippen LogP contribution in [-0.4, -0.2) is 19.2 Å². The minimum absolute atomic E-state index is 0.111. The summed E-state index contributed by atoms with van der Waals surface area (Å²) in [6, 6.07) is 33.1. The third-order valence-electron chi connectivity index (χ3n) is 5.13. The Balaban J connectivity index is 1.96. The minimum atomic E-state index is -4.82. The highest BCUT2D eigenvalue weighted by molar-refractivity contribution is 7.92. The molecule has 0 atom stereocenters. The zero-order valence-electron chi connectivity index (χ0n) is 18.3. The standard InChI is InChI=1S/C27H22F3NO2P/c1-32-22-19-17-21(18-20-22)31-26(27(28,29)30)33-34(23-11-5-2-6-12-23,24-13-7-3-8-14-24)25-15-9-4-10-16-25/h2-20H,1H3/q+1. The molecule has 0 fully saturated rings. The predicted molar refractivity (Wildman–Crippen MR) is 132 cm³/mol. The SMILES string of the molecule is COc1ccc(N=C(O[P+](c2ccccc2)(c2ccccc2)c2ccccc2)C(F)(F)F)cc1. The van der Waals surface area contributed by atoms with E-state index < -0.39 is 19.6 Å². The van der Waals surface area contributed by atoms with Crippen LogP contribution in [0.25, 0.3) is 0 Å². The van der Waals surface area contributed by atoms with Crippen molar-refractivity contribution < 1.29 is 22.4 Å². The number of alkyl halides is 3. The van der Waals surface area contributed by atoms with Gasteiger partial charge in [0.2, 0.25) is 0 Å². The number of methoxy groups -OCH3 is 1. The van der Waals surface area contributed by atoms with Crippen LogP contribution in [0.4, 0.5) is 18.9 Å². The zero-order valence-corrected chi connectivity index (χ0v) is 19.2. The van der Waals surface area contributed by atoms with E-state index in [9.17, 15) is 13.2 Å². The van der Waals surface area contributed by atoms with Crippen LogP contribution in [0.2, 0.25) is 0 Å². The highest BCUT2D eigenvalue weighted by Gasteiger charge is 2.55. The van der Waals surface area contributed by atoms with Gasteiger partial charge in [0.25, 0.3) is 7.49 Å². The molecule has 4 aromatic rings. The number of aliphatic imine (C=N–C) groups is 1. The van der Waals surface area contributed by atoms with E-state index in [1.807, 2.05) is 18.2 Å². The van der Waals surface area contributed by atoms with Gasteiger partial charge in [-0.2, -0.15) is 13.2 Å². The third kappa shape index (κ3) is 4.97. The molecule has 0 spiro atoms. The molecule has 0 bridgehead atoms. The molecular formula is C27H22F3NO2P+. The Morgan fingerprint density at radius 2 is 1.06 bits per heavy atom. The largest absolute Gasteiger partial charge is 0.497 e. The van der Waals surface area contributed by atoms with Crippen LogP contribution >= 0.6 is 7.49 Å². The fraction of sp³-hybridized carbons (Fsp3) is 0.0741. The van der Waals surface area contributed by atoms with Gasteiger partial charge in [-0.25, -0.2) is 4.99 Å². The lowest BCUT2D eigenvalue weighted by Gasteiger charge is -2.27. The van der Waals surface area contributed by atoms with Crippen LogP contribution in [0.15, 0.2) is 120 Å². The molecule has 4 aromatic carbocycles. The van der Waals surface area contributed by atoms with Gasteiger partial charge >= 0.3 is 12.1 Å². The third-order valence-corrected chi connectivity index (χ3v) is 8.65. The van der Waals surface area contributed by atoms with E-state index >= 15 is 0 Å². The van der Waals surface area contributed by atoms with Crippen molar-refractivity contribution in [3.05, 3.63) is 115 Å². The van der Waals surface area contributed by atoms with Crippen molar-refractivity contribution in [3.63, 3.8) is 0 Å².